The third-order valence-corrected chi connectivity index (χ3v) is 5.17. The van der Waals surface area contributed by atoms with Crippen LogP contribution in [-0.2, 0) is 32.2 Å². The van der Waals surface area contributed by atoms with Gasteiger partial charge in [0, 0.05) is 50.7 Å². The van der Waals surface area contributed by atoms with Crippen molar-refractivity contribution in [1.29, 1.82) is 0 Å². The Hall–Kier alpha value is -3.26. The number of amides is 1. The molecule has 0 atom stereocenters. The zero-order chi connectivity index (χ0) is 21.8. The molecular weight excluding hydrogens is 405 g/mol. The van der Waals surface area contributed by atoms with Crippen LogP contribution in [0.3, 0.4) is 0 Å². The summed E-state index contributed by atoms with van der Waals surface area (Å²) in [5.41, 5.74) is 3.40. The SMILES string of the molecule is O=C(NCCc1ccccn1)c1cnc2c(c1)CN(Cc1ccc(C(F)(F)F)cc1)C2. The average molecular weight is 426 g/mol. The first kappa shape index (κ1) is 21.0. The molecule has 3 aromatic rings. The molecule has 31 heavy (non-hydrogen) atoms. The smallest absolute Gasteiger partial charge is 0.352 e. The molecule has 0 radical (unpaired) electrons. The zero-order valence-corrected chi connectivity index (χ0v) is 16.7. The Morgan fingerprint density at radius 2 is 1.87 bits per heavy atom. The molecule has 3 heterocycles. The van der Waals surface area contributed by atoms with E-state index in [1.165, 1.54) is 12.1 Å². The molecule has 1 aliphatic rings. The Labute approximate surface area is 178 Å². The number of aromatic nitrogens is 2. The van der Waals surface area contributed by atoms with Crippen LogP contribution in [0.5, 0.6) is 0 Å². The van der Waals surface area contributed by atoms with Gasteiger partial charge in [-0.25, -0.2) is 0 Å². The van der Waals surface area contributed by atoms with E-state index in [0.29, 0.717) is 38.2 Å². The van der Waals surface area contributed by atoms with E-state index in [0.717, 1.165) is 34.6 Å². The molecule has 1 N–H and O–H groups in total. The lowest BCUT2D eigenvalue weighted by atomic mass is 10.1. The van der Waals surface area contributed by atoms with Gasteiger partial charge in [-0.15, -0.1) is 0 Å². The number of alkyl halides is 3. The van der Waals surface area contributed by atoms with Crippen molar-refractivity contribution in [3.63, 3.8) is 0 Å². The summed E-state index contributed by atoms with van der Waals surface area (Å²) in [7, 11) is 0. The van der Waals surface area contributed by atoms with Crippen LogP contribution in [0, 0.1) is 0 Å². The first-order valence-electron chi connectivity index (χ1n) is 9.93. The van der Waals surface area contributed by atoms with Gasteiger partial charge in [0.05, 0.1) is 16.8 Å². The number of fused-ring (bicyclic) bond motifs is 1. The van der Waals surface area contributed by atoms with Gasteiger partial charge in [-0.2, -0.15) is 13.2 Å². The predicted octanol–water partition coefficient (Wildman–Crippen LogP) is 3.98. The second kappa shape index (κ2) is 8.85. The number of nitrogens with one attached hydrogen (secondary N) is 1. The van der Waals surface area contributed by atoms with E-state index in [4.69, 9.17) is 0 Å². The molecule has 0 unspecified atom stereocenters. The lowest BCUT2D eigenvalue weighted by Gasteiger charge is -2.15. The predicted molar refractivity (Wildman–Crippen MR) is 109 cm³/mol. The maximum Gasteiger partial charge on any atom is 0.416 e. The third-order valence-electron chi connectivity index (χ3n) is 5.17. The highest BCUT2D eigenvalue weighted by Crippen LogP contribution is 2.30. The number of benzene rings is 1. The molecule has 0 saturated heterocycles. The van der Waals surface area contributed by atoms with Crippen molar-refractivity contribution in [2.75, 3.05) is 6.54 Å². The fourth-order valence-electron chi connectivity index (χ4n) is 3.57. The lowest BCUT2D eigenvalue weighted by molar-refractivity contribution is -0.137. The molecule has 4 rings (SSSR count). The average Bonchev–Trinajstić information content (AvgIpc) is 3.15. The van der Waals surface area contributed by atoms with Crippen molar-refractivity contribution in [2.24, 2.45) is 0 Å². The lowest BCUT2D eigenvalue weighted by Crippen LogP contribution is -2.26. The molecule has 0 fully saturated rings. The molecule has 0 saturated carbocycles. The van der Waals surface area contributed by atoms with Crippen LogP contribution in [0.2, 0.25) is 0 Å². The number of pyridine rings is 2. The highest BCUT2D eigenvalue weighted by molar-refractivity contribution is 5.94. The number of carbonyl (C=O) groups excluding carboxylic acids is 1. The molecule has 1 amide bonds. The Morgan fingerprint density at radius 1 is 1.06 bits per heavy atom. The van der Waals surface area contributed by atoms with Crippen LogP contribution < -0.4 is 5.32 Å². The van der Waals surface area contributed by atoms with Gasteiger partial charge in [0.25, 0.3) is 5.91 Å². The van der Waals surface area contributed by atoms with Gasteiger partial charge in [0.1, 0.15) is 0 Å². The topological polar surface area (TPSA) is 58.1 Å². The quantitative estimate of drug-likeness (QED) is 0.648. The minimum absolute atomic E-state index is 0.188. The molecule has 2 aromatic heterocycles. The summed E-state index contributed by atoms with van der Waals surface area (Å²) in [4.78, 5) is 23.2. The molecule has 0 bridgehead atoms. The molecule has 160 valence electrons. The number of rotatable bonds is 6. The summed E-state index contributed by atoms with van der Waals surface area (Å²) in [6, 6.07) is 12.7. The Kier molecular flexibility index (Phi) is 5.99. The van der Waals surface area contributed by atoms with Crippen molar-refractivity contribution in [1.82, 2.24) is 20.2 Å². The normalized spacial score (nSPS) is 13.8. The van der Waals surface area contributed by atoms with E-state index in [9.17, 15) is 18.0 Å². The number of hydrogen-bond acceptors (Lipinski definition) is 4. The minimum atomic E-state index is -4.33. The summed E-state index contributed by atoms with van der Waals surface area (Å²) < 4.78 is 38.1. The Balaban J connectivity index is 1.32. The van der Waals surface area contributed by atoms with Gasteiger partial charge in [0.15, 0.2) is 0 Å². The van der Waals surface area contributed by atoms with Crippen LogP contribution in [0.15, 0.2) is 60.9 Å². The molecule has 1 aliphatic heterocycles. The maximum absolute atomic E-state index is 12.7. The molecular formula is C23H21F3N4O. The first-order chi connectivity index (χ1) is 14.9. The van der Waals surface area contributed by atoms with E-state index >= 15 is 0 Å². The molecule has 8 heteroatoms. The second-order valence-corrected chi connectivity index (χ2v) is 7.50. The zero-order valence-electron chi connectivity index (χ0n) is 16.7. The van der Waals surface area contributed by atoms with E-state index in [-0.39, 0.29) is 5.91 Å². The third kappa shape index (κ3) is 5.27. The van der Waals surface area contributed by atoms with Crippen molar-refractivity contribution in [3.05, 3.63) is 94.6 Å². The van der Waals surface area contributed by atoms with Crippen LogP contribution in [0.1, 0.15) is 38.4 Å². The summed E-state index contributed by atoms with van der Waals surface area (Å²) in [6.07, 6.45) is -0.401. The van der Waals surface area contributed by atoms with E-state index in [1.807, 2.05) is 24.3 Å². The molecule has 0 spiro atoms. The monoisotopic (exact) mass is 426 g/mol. The molecule has 0 aliphatic carbocycles. The van der Waals surface area contributed by atoms with Gasteiger partial charge >= 0.3 is 6.18 Å². The van der Waals surface area contributed by atoms with Gasteiger partial charge in [-0.3, -0.25) is 19.7 Å². The van der Waals surface area contributed by atoms with Crippen molar-refractivity contribution in [3.8, 4) is 0 Å². The van der Waals surface area contributed by atoms with Crippen molar-refractivity contribution < 1.29 is 18.0 Å². The van der Waals surface area contributed by atoms with Gasteiger partial charge in [-0.05, 0) is 41.5 Å². The van der Waals surface area contributed by atoms with E-state index in [1.54, 1.807) is 12.4 Å². The summed E-state index contributed by atoms with van der Waals surface area (Å²) in [6.45, 7) is 2.18. The molecule has 1 aromatic carbocycles. The first-order valence-corrected chi connectivity index (χ1v) is 9.93. The van der Waals surface area contributed by atoms with E-state index in [2.05, 4.69) is 20.2 Å². The minimum Gasteiger partial charge on any atom is -0.352 e. The van der Waals surface area contributed by atoms with Crippen molar-refractivity contribution in [2.45, 2.75) is 32.2 Å². The van der Waals surface area contributed by atoms with Crippen LogP contribution >= 0.6 is 0 Å². The largest absolute Gasteiger partial charge is 0.416 e. The van der Waals surface area contributed by atoms with Gasteiger partial charge < -0.3 is 5.32 Å². The van der Waals surface area contributed by atoms with Crippen LogP contribution in [-0.4, -0.2) is 27.3 Å². The summed E-state index contributed by atoms with van der Waals surface area (Å²) in [5.74, 6) is -0.188. The highest BCUT2D eigenvalue weighted by Gasteiger charge is 2.30. The number of hydrogen-bond donors (Lipinski definition) is 1. The van der Waals surface area contributed by atoms with Crippen LogP contribution in [0.25, 0.3) is 0 Å². The Morgan fingerprint density at radius 3 is 2.58 bits per heavy atom. The molecule has 5 nitrogen and oxygen atoms in total. The Bertz CT molecular complexity index is 1050. The second-order valence-electron chi connectivity index (χ2n) is 7.50. The number of halogens is 3. The fourth-order valence-corrected chi connectivity index (χ4v) is 3.57. The number of nitrogens with zero attached hydrogens (tertiary/aromatic N) is 3. The maximum atomic E-state index is 12.7. The summed E-state index contributed by atoms with van der Waals surface area (Å²) in [5, 5.41) is 2.88. The van der Waals surface area contributed by atoms with E-state index < -0.39 is 11.7 Å². The van der Waals surface area contributed by atoms with Crippen molar-refractivity contribution >= 4 is 5.91 Å². The number of carbonyl (C=O) groups is 1. The van der Waals surface area contributed by atoms with Gasteiger partial charge in [0.2, 0.25) is 0 Å². The highest BCUT2D eigenvalue weighted by atomic mass is 19.4. The van der Waals surface area contributed by atoms with Crippen LogP contribution in [0.4, 0.5) is 13.2 Å². The standard InChI is InChI=1S/C23H21F3N4O/c24-23(25,26)19-6-4-16(5-7-19)13-30-14-18-11-17(12-29-21(18)15-30)22(31)28-10-8-20-3-1-2-9-27-20/h1-7,9,11-12H,8,10,13-15H2,(H,28,31). The fraction of sp³-hybridized carbons (Fsp3) is 0.261. The van der Waals surface area contributed by atoms with Gasteiger partial charge in [-0.1, -0.05) is 18.2 Å². The summed E-state index contributed by atoms with van der Waals surface area (Å²) >= 11 is 0.